The minimum absolute atomic E-state index is 0.595. The van der Waals surface area contributed by atoms with Crippen LogP contribution in [0.1, 0.15) is 60.3 Å². The summed E-state index contributed by atoms with van der Waals surface area (Å²) < 4.78 is 0. The second-order valence-electron chi connectivity index (χ2n) is 5.69. The number of hydrogen-bond donors (Lipinski definition) is 0. The molecule has 1 unspecified atom stereocenters. The Balaban J connectivity index is 0.000000686. The Morgan fingerprint density at radius 3 is 2.18 bits per heavy atom. The first kappa shape index (κ1) is 14.8. The maximum Gasteiger partial charge on any atom is -0.00134 e. The fourth-order valence-electron chi connectivity index (χ4n) is 3.81. The molecule has 2 rings (SSSR count). The van der Waals surface area contributed by atoms with Crippen molar-refractivity contribution >= 4 is 0 Å². The van der Waals surface area contributed by atoms with Gasteiger partial charge in [-0.15, -0.1) is 0 Å². The van der Waals surface area contributed by atoms with Gasteiger partial charge in [-0.25, -0.2) is 0 Å². The first-order valence-electron chi connectivity index (χ1n) is 7.48. The predicted molar refractivity (Wildman–Crippen MR) is 77.3 cm³/mol. The van der Waals surface area contributed by atoms with E-state index in [0.29, 0.717) is 5.41 Å². The first-order valence-corrected chi connectivity index (χ1v) is 7.48. The highest BCUT2D eigenvalue weighted by atomic mass is 15.1. The summed E-state index contributed by atoms with van der Waals surface area (Å²) in [5.74, 6) is 0.846. The molecule has 0 amide bonds. The molecule has 0 aromatic rings. The molecule has 1 spiro atoms. The maximum atomic E-state index is 2.48. The van der Waals surface area contributed by atoms with Gasteiger partial charge in [0.25, 0.3) is 0 Å². The molecule has 1 nitrogen and oxygen atoms in total. The third kappa shape index (κ3) is 2.76. The molecule has 0 N–H and O–H groups in total. The van der Waals surface area contributed by atoms with Crippen LogP contribution in [0.15, 0.2) is 11.1 Å². The average Bonchev–Trinajstić information content (AvgIpc) is 2.58. The molecule has 0 aromatic heterocycles. The molecule has 1 heteroatoms. The smallest absolute Gasteiger partial charge is 0.00134 e. The molecule has 1 saturated heterocycles. The van der Waals surface area contributed by atoms with E-state index in [4.69, 9.17) is 0 Å². The van der Waals surface area contributed by atoms with Crippen molar-refractivity contribution in [2.45, 2.75) is 60.3 Å². The van der Waals surface area contributed by atoms with E-state index in [9.17, 15) is 0 Å². The summed E-state index contributed by atoms with van der Waals surface area (Å²) in [7, 11) is 2.25. The second-order valence-corrected chi connectivity index (χ2v) is 5.69. The van der Waals surface area contributed by atoms with Gasteiger partial charge in [0.2, 0.25) is 0 Å². The largest absolute Gasteiger partial charge is 0.306 e. The maximum absolute atomic E-state index is 2.48. The van der Waals surface area contributed by atoms with Crippen LogP contribution in [0.25, 0.3) is 0 Å². The van der Waals surface area contributed by atoms with Crippen molar-refractivity contribution in [2.24, 2.45) is 11.3 Å². The lowest BCUT2D eigenvalue weighted by atomic mass is 9.73. The molecule has 100 valence electrons. The fraction of sp³-hybridized carbons (Fsp3) is 0.875. The van der Waals surface area contributed by atoms with Crippen LogP contribution >= 0.6 is 0 Å². The van der Waals surface area contributed by atoms with Crippen LogP contribution in [0.5, 0.6) is 0 Å². The number of likely N-dealkylation sites (tertiary alicyclic amines) is 1. The zero-order valence-electron chi connectivity index (χ0n) is 12.8. The summed E-state index contributed by atoms with van der Waals surface area (Å²) in [4.78, 5) is 2.48. The van der Waals surface area contributed by atoms with Crippen LogP contribution < -0.4 is 0 Å². The molecule has 17 heavy (non-hydrogen) atoms. The van der Waals surface area contributed by atoms with E-state index in [0.717, 1.165) is 5.92 Å². The van der Waals surface area contributed by atoms with Gasteiger partial charge in [-0.05, 0) is 64.1 Å². The molecule has 0 radical (unpaired) electrons. The molecule has 1 aliphatic heterocycles. The number of allylic oxidation sites excluding steroid dienone is 2. The van der Waals surface area contributed by atoms with Crippen molar-refractivity contribution in [3.05, 3.63) is 11.1 Å². The van der Waals surface area contributed by atoms with Crippen molar-refractivity contribution in [1.82, 2.24) is 4.90 Å². The van der Waals surface area contributed by atoms with Crippen molar-refractivity contribution in [3.63, 3.8) is 0 Å². The Morgan fingerprint density at radius 1 is 1.24 bits per heavy atom. The molecule has 0 saturated carbocycles. The van der Waals surface area contributed by atoms with E-state index < -0.39 is 0 Å². The quantitative estimate of drug-likeness (QED) is 0.607. The minimum Gasteiger partial charge on any atom is -0.306 e. The summed E-state index contributed by atoms with van der Waals surface area (Å²) in [6.45, 7) is 13.7. The van der Waals surface area contributed by atoms with Gasteiger partial charge in [-0.3, -0.25) is 0 Å². The van der Waals surface area contributed by atoms with Gasteiger partial charge in [-0.2, -0.15) is 0 Å². The molecule has 2 aliphatic rings. The van der Waals surface area contributed by atoms with Crippen LogP contribution in [0.3, 0.4) is 0 Å². The van der Waals surface area contributed by atoms with Gasteiger partial charge < -0.3 is 4.90 Å². The lowest BCUT2D eigenvalue weighted by Gasteiger charge is -2.39. The summed E-state index contributed by atoms with van der Waals surface area (Å²) in [5, 5.41) is 0. The average molecular weight is 237 g/mol. The van der Waals surface area contributed by atoms with E-state index in [2.05, 4.69) is 32.7 Å². The van der Waals surface area contributed by atoms with E-state index in [1.54, 1.807) is 11.1 Å². The van der Waals surface area contributed by atoms with Gasteiger partial charge in [0.15, 0.2) is 0 Å². The number of rotatable bonds is 1. The highest BCUT2D eigenvalue weighted by Gasteiger charge is 2.42. The summed E-state index contributed by atoms with van der Waals surface area (Å²) in [6, 6.07) is 0. The Morgan fingerprint density at radius 2 is 1.76 bits per heavy atom. The van der Waals surface area contributed by atoms with Gasteiger partial charge in [0.1, 0.15) is 0 Å². The molecule has 1 aliphatic carbocycles. The standard InChI is InChI=1S/C14H25N.C2H6/c1-5-13-11(2)10-14(12(13)3)6-8-15(4)9-7-14;1-2/h11H,5-10H2,1-4H3;1-2H3. The van der Waals surface area contributed by atoms with Crippen molar-refractivity contribution in [2.75, 3.05) is 20.1 Å². The van der Waals surface area contributed by atoms with Gasteiger partial charge in [0.05, 0.1) is 0 Å². The van der Waals surface area contributed by atoms with Gasteiger partial charge >= 0.3 is 0 Å². The highest BCUT2D eigenvalue weighted by Crippen LogP contribution is 2.52. The van der Waals surface area contributed by atoms with Crippen LogP contribution in [-0.4, -0.2) is 25.0 Å². The summed E-state index contributed by atoms with van der Waals surface area (Å²) in [5.41, 5.74) is 4.11. The van der Waals surface area contributed by atoms with Crippen molar-refractivity contribution in [3.8, 4) is 0 Å². The fourth-order valence-corrected chi connectivity index (χ4v) is 3.81. The zero-order chi connectivity index (χ0) is 13.1. The Labute approximate surface area is 108 Å². The summed E-state index contributed by atoms with van der Waals surface area (Å²) >= 11 is 0. The molecular weight excluding hydrogens is 206 g/mol. The monoisotopic (exact) mass is 237 g/mol. The van der Waals surface area contributed by atoms with Crippen LogP contribution in [-0.2, 0) is 0 Å². The SMILES string of the molecule is CC.CCC1=C(C)C2(CCN(C)CC2)CC1C. The third-order valence-electron chi connectivity index (χ3n) is 4.89. The molecule has 0 aromatic carbocycles. The highest BCUT2D eigenvalue weighted by molar-refractivity contribution is 5.29. The Bertz CT molecular complexity index is 269. The van der Waals surface area contributed by atoms with Crippen molar-refractivity contribution < 1.29 is 0 Å². The van der Waals surface area contributed by atoms with Gasteiger partial charge in [-0.1, -0.05) is 38.8 Å². The van der Waals surface area contributed by atoms with Crippen LogP contribution in [0.2, 0.25) is 0 Å². The first-order chi connectivity index (χ1) is 8.09. The number of piperidine rings is 1. The molecule has 1 atom stereocenters. The van der Waals surface area contributed by atoms with Crippen LogP contribution in [0.4, 0.5) is 0 Å². The Kier molecular flexibility index (Phi) is 5.24. The summed E-state index contributed by atoms with van der Waals surface area (Å²) in [6.07, 6.45) is 5.48. The third-order valence-corrected chi connectivity index (χ3v) is 4.89. The zero-order valence-corrected chi connectivity index (χ0v) is 12.8. The van der Waals surface area contributed by atoms with E-state index >= 15 is 0 Å². The Hall–Kier alpha value is -0.300. The predicted octanol–water partition coefficient (Wildman–Crippen LogP) is 4.49. The lowest BCUT2D eigenvalue weighted by molar-refractivity contribution is 0.147. The molecule has 1 heterocycles. The number of hydrogen-bond acceptors (Lipinski definition) is 1. The topological polar surface area (TPSA) is 3.24 Å². The van der Waals surface area contributed by atoms with Gasteiger partial charge in [0, 0.05) is 0 Å². The van der Waals surface area contributed by atoms with Crippen LogP contribution in [0, 0.1) is 11.3 Å². The molecule has 0 bridgehead atoms. The van der Waals surface area contributed by atoms with Crippen molar-refractivity contribution in [1.29, 1.82) is 0 Å². The second kappa shape index (κ2) is 6.04. The lowest BCUT2D eigenvalue weighted by Crippen LogP contribution is -2.37. The normalized spacial score (nSPS) is 28.2. The van der Waals surface area contributed by atoms with E-state index in [-0.39, 0.29) is 0 Å². The van der Waals surface area contributed by atoms with E-state index in [1.807, 2.05) is 13.8 Å². The molecule has 1 fully saturated rings. The minimum atomic E-state index is 0.595. The molecular formula is C16H31N. The van der Waals surface area contributed by atoms with E-state index in [1.165, 1.54) is 38.8 Å². The number of nitrogens with zero attached hydrogens (tertiary/aromatic N) is 1.